The highest BCUT2D eigenvalue weighted by Gasteiger charge is 2.31. The van der Waals surface area contributed by atoms with Crippen LogP contribution in [-0.2, 0) is 12.3 Å². The molecule has 0 bridgehead atoms. The molecule has 180 valence electrons. The molecule has 0 saturated heterocycles. The largest absolute Gasteiger partial charge is 0.573 e. The predicted octanol–water partition coefficient (Wildman–Crippen LogP) is 4.83. The molecule has 0 unspecified atom stereocenters. The van der Waals surface area contributed by atoms with Crippen LogP contribution in [0, 0.1) is 0 Å². The van der Waals surface area contributed by atoms with Gasteiger partial charge in [0.2, 0.25) is 0 Å². The molecule has 0 atom stereocenters. The van der Waals surface area contributed by atoms with Gasteiger partial charge < -0.3 is 10.1 Å². The lowest BCUT2D eigenvalue weighted by atomic mass is 10.2. The van der Waals surface area contributed by atoms with E-state index in [1.54, 1.807) is 42.7 Å². The van der Waals surface area contributed by atoms with E-state index in [1.807, 2.05) is 0 Å². The first-order valence-electron chi connectivity index (χ1n) is 10.0. The fourth-order valence-electron chi connectivity index (χ4n) is 2.97. The third kappa shape index (κ3) is 6.70. The van der Waals surface area contributed by atoms with Crippen LogP contribution in [0.2, 0.25) is 5.02 Å². The normalized spacial score (nSPS) is 11.3. The van der Waals surface area contributed by atoms with Crippen molar-refractivity contribution in [3.8, 4) is 11.4 Å². The number of rotatable bonds is 8. The molecule has 8 nitrogen and oxygen atoms in total. The summed E-state index contributed by atoms with van der Waals surface area (Å²) in [5.41, 5.74) is 1.72. The Morgan fingerprint density at radius 3 is 2.40 bits per heavy atom. The summed E-state index contributed by atoms with van der Waals surface area (Å²) in [7, 11) is 0. The quantitative estimate of drug-likeness (QED) is 0.262. The van der Waals surface area contributed by atoms with Crippen molar-refractivity contribution in [2.24, 2.45) is 0 Å². The molecule has 4 aromatic rings. The van der Waals surface area contributed by atoms with Gasteiger partial charge in [-0.15, -0.1) is 18.3 Å². The zero-order valence-electron chi connectivity index (χ0n) is 17.7. The van der Waals surface area contributed by atoms with E-state index in [0.717, 1.165) is 17.7 Å². The van der Waals surface area contributed by atoms with Crippen molar-refractivity contribution in [2.75, 3.05) is 0 Å². The van der Waals surface area contributed by atoms with Gasteiger partial charge in [-0.1, -0.05) is 40.7 Å². The molecule has 4 rings (SSSR count). The Morgan fingerprint density at radius 2 is 1.74 bits per heavy atom. The van der Waals surface area contributed by atoms with E-state index in [1.165, 1.54) is 28.6 Å². The molecular weight excluding hydrogens is 505 g/mol. The highest BCUT2D eigenvalue weighted by atomic mass is 35.5. The van der Waals surface area contributed by atoms with Crippen molar-refractivity contribution in [2.45, 2.75) is 23.8 Å². The minimum atomic E-state index is -4.80. The summed E-state index contributed by atoms with van der Waals surface area (Å²) >= 11 is 7.15. The molecule has 1 amide bonds. The van der Waals surface area contributed by atoms with Crippen molar-refractivity contribution < 1.29 is 22.7 Å². The number of thioether (sulfide) groups is 1. The van der Waals surface area contributed by atoms with Gasteiger partial charge >= 0.3 is 6.36 Å². The van der Waals surface area contributed by atoms with Crippen molar-refractivity contribution >= 4 is 29.3 Å². The summed E-state index contributed by atoms with van der Waals surface area (Å²) in [6.07, 6.45) is -1.63. The van der Waals surface area contributed by atoms with Crippen LogP contribution in [0.15, 0.2) is 72.1 Å². The van der Waals surface area contributed by atoms with Gasteiger partial charge in [0.05, 0.1) is 11.4 Å². The molecular formula is C22H16ClF3N6O2S. The Hall–Kier alpha value is -3.64. The molecule has 0 fully saturated rings. The molecule has 1 N–H and O–H groups in total. The van der Waals surface area contributed by atoms with Crippen LogP contribution in [0.25, 0.3) is 5.69 Å². The average Bonchev–Trinajstić information content (AvgIpc) is 3.26. The highest BCUT2D eigenvalue weighted by molar-refractivity contribution is 7.98. The molecule has 2 aromatic heterocycles. The van der Waals surface area contributed by atoms with Crippen LogP contribution in [0.1, 0.15) is 21.7 Å². The van der Waals surface area contributed by atoms with Crippen LogP contribution in [0.4, 0.5) is 13.2 Å². The van der Waals surface area contributed by atoms with E-state index in [-0.39, 0.29) is 23.7 Å². The van der Waals surface area contributed by atoms with E-state index < -0.39 is 12.3 Å². The Kier molecular flexibility index (Phi) is 7.51. The first kappa shape index (κ1) is 24.5. The maximum Gasteiger partial charge on any atom is 0.573 e. The van der Waals surface area contributed by atoms with E-state index in [4.69, 9.17) is 11.6 Å². The smallest absolute Gasteiger partial charge is 0.406 e. The van der Waals surface area contributed by atoms with Gasteiger partial charge in [0.25, 0.3) is 5.91 Å². The Bertz CT molecular complexity index is 1290. The second-order valence-corrected chi connectivity index (χ2v) is 8.35. The Labute approximate surface area is 206 Å². The predicted molar refractivity (Wildman–Crippen MR) is 122 cm³/mol. The third-order valence-corrected chi connectivity index (χ3v) is 5.68. The average molecular weight is 521 g/mol. The minimum absolute atomic E-state index is 0.0676. The van der Waals surface area contributed by atoms with Crippen LogP contribution < -0.4 is 10.1 Å². The van der Waals surface area contributed by atoms with E-state index in [9.17, 15) is 18.0 Å². The molecule has 0 radical (unpaired) electrons. The molecule has 0 aliphatic heterocycles. The lowest BCUT2D eigenvalue weighted by Gasteiger charge is -2.11. The van der Waals surface area contributed by atoms with Crippen molar-refractivity contribution in [1.82, 2.24) is 30.3 Å². The number of aromatic nitrogens is 5. The van der Waals surface area contributed by atoms with Gasteiger partial charge in [0, 0.05) is 29.7 Å². The summed E-state index contributed by atoms with van der Waals surface area (Å²) in [5, 5.41) is 11.9. The minimum Gasteiger partial charge on any atom is -0.406 e. The van der Waals surface area contributed by atoms with Gasteiger partial charge in [-0.3, -0.25) is 4.79 Å². The molecule has 35 heavy (non-hydrogen) atoms. The van der Waals surface area contributed by atoms with Gasteiger partial charge in [-0.05, 0) is 48.0 Å². The number of nitrogens with one attached hydrogen (secondary N) is 1. The number of benzene rings is 2. The van der Waals surface area contributed by atoms with E-state index >= 15 is 0 Å². The molecule has 13 heteroatoms. The number of amides is 1. The van der Waals surface area contributed by atoms with Crippen molar-refractivity contribution in [3.05, 3.63) is 89.0 Å². The summed E-state index contributed by atoms with van der Waals surface area (Å²) in [6.45, 7) is 0.237. The summed E-state index contributed by atoms with van der Waals surface area (Å²) in [5.74, 6) is -0.620. The topological polar surface area (TPSA) is 94.8 Å². The summed E-state index contributed by atoms with van der Waals surface area (Å²) < 4.78 is 42.7. The van der Waals surface area contributed by atoms with Crippen LogP contribution in [-0.4, -0.2) is 37.2 Å². The Balaban J connectivity index is 1.58. The van der Waals surface area contributed by atoms with E-state index in [2.05, 4.69) is 30.3 Å². The summed E-state index contributed by atoms with van der Waals surface area (Å²) in [4.78, 5) is 21.2. The standard InChI is InChI=1S/C22H16ClF3N6O2S/c23-15-4-2-14(3-5-15)12-29-20(33)19-18(13-35-21-27-10-1-11-28-21)32(31-30-19)16-6-8-17(9-7-16)34-22(24,25)26/h1-11H,12-13H2,(H,29,33). The monoisotopic (exact) mass is 520 g/mol. The number of alkyl halides is 3. The maximum absolute atomic E-state index is 12.9. The second-order valence-electron chi connectivity index (χ2n) is 6.97. The van der Waals surface area contributed by atoms with Gasteiger partial charge in [-0.25, -0.2) is 14.6 Å². The number of hydrogen-bond acceptors (Lipinski definition) is 7. The SMILES string of the molecule is O=C(NCc1ccc(Cl)cc1)c1nnn(-c2ccc(OC(F)(F)F)cc2)c1CSc1ncccn1. The molecule has 0 aliphatic rings. The Morgan fingerprint density at radius 1 is 1.06 bits per heavy atom. The number of carbonyl (C=O) groups excluding carboxylic acids is 1. The fraction of sp³-hybridized carbons (Fsp3) is 0.136. The molecule has 2 aromatic carbocycles. The van der Waals surface area contributed by atoms with Gasteiger partial charge in [0.15, 0.2) is 10.9 Å². The maximum atomic E-state index is 12.9. The van der Waals surface area contributed by atoms with E-state index in [0.29, 0.717) is 21.6 Å². The fourth-order valence-corrected chi connectivity index (χ4v) is 3.89. The van der Waals surface area contributed by atoms with Crippen LogP contribution >= 0.6 is 23.4 Å². The molecule has 2 heterocycles. The zero-order valence-corrected chi connectivity index (χ0v) is 19.3. The zero-order chi connectivity index (χ0) is 24.8. The van der Waals surface area contributed by atoms with Crippen molar-refractivity contribution in [3.63, 3.8) is 0 Å². The molecule has 0 aliphatic carbocycles. The summed E-state index contributed by atoms with van der Waals surface area (Å²) in [6, 6.07) is 13.8. The first-order chi connectivity index (χ1) is 16.8. The number of nitrogens with zero attached hydrogens (tertiary/aromatic N) is 5. The number of ether oxygens (including phenoxy) is 1. The van der Waals surface area contributed by atoms with Gasteiger partial charge in [-0.2, -0.15) is 0 Å². The molecule has 0 saturated carbocycles. The lowest BCUT2D eigenvalue weighted by molar-refractivity contribution is -0.274. The number of hydrogen-bond donors (Lipinski definition) is 1. The van der Waals surface area contributed by atoms with Crippen LogP contribution in [0.5, 0.6) is 5.75 Å². The first-order valence-corrected chi connectivity index (χ1v) is 11.4. The van der Waals surface area contributed by atoms with Crippen LogP contribution in [0.3, 0.4) is 0 Å². The highest BCUT2D eigenvalue weighted by Crippen LogP contribution is 2.26. The van der Waals surface area contributed by atoms with Crippen molar-refractivity contribution in [1.29, 1.82) is 0 Å². The lowest BCUT2D eigenvalue weighted by Crippen LogP contribution is -2.24. The van der Waals surface area contributed by atoms with Gasteiger partial charge in [0.1, 0.15) is 5.75 Å². The molecule has 0 spiro atoms. The number of carbonyl (C=O) groups is 1. The number of halogens is 4. The second kappa shape index (κ2) is 10.7. The third-order valence-electron chi connectivity index (χ3n) is 4.54.